The van der Waals surface area contributed by atoms with Crippen LogP contribution in [-0.2, 0) is 20.7 Å². The van der Waals surface area contributed by atoms with Gasteiger partial charge in [0.2, 0.25) is 5.91 Å². The number of benzene rings is 3. The fourth-order valence-electron chi connectivity index (χ4n) is 6.50. The van der Waals surface area contributed by atoms with E-state index in [0.717, 1.165) is 41.4 Å². The Kier molecular flexibility index (Phi) is 8.77. The quantitative estimate of drug-likeness (QED) is 0.196. The molecular weight excluding hydrogens is 552 g/mol. The van der Waals surface area contributed by atoms with E-state index in [9.17, 15) is 14.4 Å². The summed E-state index contributed by atoms with van der Waals surface area (Å²) in [5.74, 6) is -0.280. The maximum Gasteiger partial charge on any atom is 0.306 e. The molecule has 0 spiro atoms. The van der Waals surface area contributed by atoms with Gasteiger partial charge in [-0.25, -0.2) is 4.68 Å². The number of hydrogen-bond donors (Lipinski definition) is 2. The highest BCUT2D eigenvalue weighted by molar-refractivity contribution is 6.05. The van der Waals surface area contributed by atoms with Crippen LogP contribution in [0.1, 0.15) is 92.2 Å². The van der Waals surface area contributed by atoms with Crippen LogP contribution >= 0.6 is 0 Å². The normalized spacial score (nSPS) is 16.2. The second-order valence-electron chi connectivity index (χ2n) is 12.0. The van der Waals surface area contributed by atoms with E-state index in [1.165, 1.54) is 25.0 Å². The lowest BCUT2D eigenvalue weighted by Gasteiger charge is -2.40. The standard InChI is InChI=1S/C36H40N4O4/c1-2-44-32(41)21-16-25-14-18-28(19-15-25)37-35(43)36(22-9-23-36)38-34(42)27-17-20-30-31(24-27)39-40(29-12-7-4-8-13-29)33(30)26-10-5-3-6-11-26/h4,7-8,12-15,17-20,24,26H,2-3,5-6,9-11,16,21-23H2,1H3,(H,37,43)(H,38,42). The average molecular weight is 593 g/mol. The summed E-state index contributed by atoms with van der Waals surface area (Å²) in [7, 11) is 0. The summed E-state index contributed by atoms with van der Waals surface area (Å²) in [4.78, 5) is 38.7. The first-order valence-electron chi connectivity index (χ1n) is 15.9. The smallest absolute Gasteiger partial charge is 0.306 e. The van der Waals surface area contributed by atoms with Crippen molar-refractivity contribution in [2.45, 2.75) is 82.6 Å². The Bertz CT molecular complexity index is 1630. The van der Waals surface area contributed by atoms with Gasteiger partial charge in [0.25, 0.3) is 5.91 Å². The highest BCUT2D eigenvalue weighted by atomic mass is 16.5. The van der Waals surface area contributed by atoms with Gasteiger partial charge < -0.3 is 15.4 Å². The number of ether oxygens (including phenoxy) is 1. The number of carbonyl (C=O) groups is 3. The van der Waals surface area contributed by atoms with Crippen LogP contribution in [0.25, 0.3) is 16.6 Å². The van der Waals surface area contributed by atoms with E-state index in [1.54, 1.807) is 6.92 Å². The molecule has 1 aromatic heterocycles. The lowest BCUT2D eigenvalue weighted by atomic mass is 9.75. The Balaban J connectivity index is 1.17. The Labute approximate surface area is 258 Å². The largest absolute Gasteiger partial charge is 0.466 e. The molecule has 0 unspecified atom stereocenters. The van der Waals surface area contributed by atoms with Gasteiger partial charge in [0, 0.05) is 29.0 Å². The second-order valence-corrected chi connectivity index (χ2v) is 12.0. The Morgan fingerprint density at radius 2 is 1.68 bits per heavy atom. The minimum Gasteiger partial charge on any atom is -0.466 e. The van der Waals surface area contributed by atoms with Gasteiger partial charge in [-0.05, 0) is 87.4 Å². The van der Waals surface area contributed by atoms with Gasteiger partial charge in [-0.3, -0.25) is 14.4 Å². The number of esters is 1. The molecule has 0 atom stereocenters. The van der Waals surface area contributed by atoms with E-state index in [-0.39, 0.29) is 17.8 Å². The first kappa shape index (κ1) is 29.6. The molecular formula is C36H40N4O4. The lowest BCUT2D eigenvalue weighted by molar-refractivity contribution is -0.143. The van der Waals surface area contributed by atoms with E-state index >= 15 is 0 Å². The molecule has 8 heteroatoms. The topological polar surface area (TPSA) is 102 Å². The summed E-state index contributed by atoms with van der Waals surface area (Å²) in [6.45, 7) is 2.16. The number of aromatic nitrogens is 2. The first-order chi connectivity index (χ1) is 21.5. The lowest BCUT2D eigenvalue weighted by Crippen LogP contribution is -2.61. The van der Waals surface area contributed by atoms with E-state index in [1.807, 2.05) is 60.7 Å². The minimum absolute atomic E-state index is 0.217. The Hall–Kier alpha value is -4.46. The van der Waals surface area contributed by atoms with Crippen LogP contribution in [0.3, 0.4) is 0 Å². The van der Waals surface area contributed by atoms with Crippen LogP contribution in [0.15, 0.2) is 72.8 Å². The van der Waals surface area contributed by atoms with Gasteiger partial charge in [0.15, 0.2) is 0 Å². The molecule has 2 fully saturated rings. The van der Waals surface area contributed by atoms with Crippen molar-refractivity contribution in [3.63, 3.8) is 0 Å². The van der Waals surface area contributed by atoms with E-state index in [0.29, 0.717) is 49.5 Å². The highest BCUT2D eigenvalue weighted by Crippen LogP contribution is 2.38. The summed E-state index contributed by atoms with van der Waals surface area (Å²) in [6.07, 6.45) is 8.91. The zero-order chi connectivity index (χ0) is 30.5. The minimum atomic E-state index is -0.953. The van der Waals surface area contributed by atoms with Crippen molar-refractivity contribution in [2.75, 3.05) is 11.9 Å². The summed E-state index contributed by atoms with van der Waals surface area (Å²) in [5, 5.41) is 12.1. The predicted molar refractivity (Wildman–Crippen MR) is 171 cm³/mol. The number of nitrogens with one attached hydrogen (secondary N) is 2. The third-order valence-corrected chi connectivity index (χ3v) is 9.09. The molecule has 4 aromatic rings. The molecule has 6 rings (SSSR count). The van der Waals surface area contributed by atoms with Crippen molar-refractivity contribution < 1.29 is 19.1 Å². The van der Waals surface area contributed by atoms with Crippen LogP contribution in [-0.4, -0.2) is 39.7 Å². The van der Waals surface area contributed by atoms with Crippen LogP contribution in [0, 0.1) is 0 Å². The maximum atomic E-state index is 13.6. The van der Waals surface area contributed by atoms with Gasteiger partial charge in [-0.15, -0.1) is 0 Å². The predicted octanol–water partition coefficient (Wildman–Crippen LogP) is 6.86. The SMILES string of the molecule is CCOC(=O)CCc1ccc(NC(=O)C2(NC(=O)c3ccc4c(C5CCCCC5)n(-c5ccccc5)nc4c3)CCC2)cc1. The van der Waals surface area contributed by atoms with Crippen molar-refractivity contribution in [1.29, 1.82) is 0 Å². The van der Waals surface area contributed by atoms with Gasteiger partial charge in [0.1, 0.15) is 5.54 Å². The number of anilines is 1. The van der Waals surface area contributed by atoms with Gasteiger partial charge in [-0.2, -0.15) is 5.10 Å². The summed E-state index contributed by atoms with van der Waals surface area (Å²) >= 11 is 0. The van der Waals surface area contributed by atoms with E-state index in [4.69, 9.17) is 9.84 Å². The molecule has 2 aliphatic carbocycles. The molecule has 2 saturated carbocycles. The number of carbonyl (C=O) groups excluding carboxylic acids is 3. The second kappa shape index (κ2) is 13.0. The molecule has 3 aromatic carbocycles. The van der Waals surface area contributed by atoms with Crippen molar-refractivity contribution in [3.05, 3.63) is 89.6 Å². The zero-order valence-electron chi connectivity index (χ0n) is 25.3. The Morgan fingerprint density at radius 3 is 2.36 bits per heavy atom. The summed E-state index contributed by atoms with van der Waals surface area (Å²) in [6, 6.07) is 23.4. The molecule has 228 valence electrons. The number of para-hydroxylation sites is 1. The number of rotatable bonds is 10. The van der Waals surface area contributed by atoms with Gasteiger partial charge >= 0.3 is 5.97 Å². The number of aryl methyl sites for hydroxylation is 1. The monoisotopic (exact) mass is 592 g/mol. The molecule has 1 heterocycles. The highest BCUT2D eigenvalue weighted by Gasteiger charge is 2.45. The fourth-order valence-corrected chi connectivity index (χ4v) is 6.50. The van der Waals surface area contributed by atoms with Crippen LogP contribution in [0.5, 0.6) is 0 Å². The molecule has 44 heavy (non-hydrogen) atoms. The molecule has 2 N–H and O–H groups in total. The average Bonchev–Trinajstić information content (AvgIpc) is 3.42. The maximum absolute atomic E-state index is 13.6. The zero-order valence-corrected chi connectivity index (χ0v) is 25.3. The number of nitrogens with zero attached hydrogens (tertiary/aromatic N) is 2. The molecule has 2 aliphatic rings. The molecule has 0 bridgehead atoms. The number of hydrogen-bond acceptors (Lipinski definition) is 5. The van der Waals surface area contributed by atoms with Gasteiger partial charge in [0.05, 0.1) is 23.5 Å². The summed E-state index contributed by atoms with van der Waals surface area (Å²) in [5.41, 5.74) is 4.21. The van der Waals surface area contributed by atoms with Gasteiger partial charge in [-0.1, -0.05) is 55.7 Å². The summed E-state index contributed by atoms with van der Waals surface area (Å²) < 4.78 is 7.06. The molecule has 0 saturated heterocycles. The van der Waals surface area contributed by atoms with Crippen molar-refractivity contribution in [1.82, 2.24) is 15.1 Å². The van der Waals surface area contributed by atoms with E-state index < -0.39 is 5.54 Å². The fraction of sp³-hybridized carbons (Fsp3) is 0.389. The van der Waals surface area contributed by atoms with Crippen molar-refractivity contribution >= 4 is 34.4 Å². The first-order valence-corrected chi connectivity index (χ1v) is 15.9. The van der Waals surface area contributed by atoms with Crippen LogP contribution < -0.4 is 10.6 Å². The Morgan fingerprint density at radius 1 is 0.932 bits per heavy atom. The van der Waals surface area contributed by atoms with Crippen LogP contribution in [0.2, 0.25) is 0 Å². The van der Waals surface area contributed by atoms with Crippen molar-refractivity contribution in [3.8, 4) is 5.69 Å². The van der Waals surface area contributed by atoms with Crippen LogP contribution in [0.4, 0.5) is 5.69 Å². The molecule has 0 aliphatic heterocycles. The molecule has 0 radical (unpaired) electrons. The third-order valence-electron chi connectivity index (χ3n) is 9.09. The van der Waals surface area contributed by atoms with Crippen molar-refractivity contribution in [2.24, 2.45) is 0 Å². The number of amides is 2. The number of fused-ring (bicyclic) bond motifs is 1. The third kappa shape index (κ3) is 6.25. The van der Waals surface area contributed by atoms with E-state index in [2.05, 4.69) is 27.4 Å². The molecule has 8 nitrogen and oxygen atoms in total. The molecule has 2 amide bonds.